The fourth-order valence-electron chi connectivity index (χ4n) is 3.55. The smallest absolute Gasteiger partial charge is 0.223 e. The highest BCUT2D eigenvalue weighted by Gasteiger charge is 2.53. The molecule has 2 aliphatic heterocycles. The van der Waals surface area contributed by atoms with Gasteiger partial charge in [0.2, 0.25) is 5.91 Å². The first-order chi connectivity index (χ1) is 11.1. The molecule has 0 bridgehead atoms. The highest BCUT2D eigenvalue weighted by atomic mass is 16.5. The summed E-state index contributed by atoms with van der Waals surface area (Å²) in [5.41, 5.74) is -0.120. The van der Waals surface area contributed by atoms with Gasteiger partial charge in [0.25, 0.3) is 0 Å². The van der Waals surface area contributed by atoms with E-state index in [2.05, 4.69) is 18.8 Å². The molecular weight excluding hydrogens is 292 g/mol. The molecule has 1 aromatic heterocycles. The maximum atomic E-state index is 12.1. The van der Waals surface area contributed by atoms with Crippen LogP contribution in [0.4, 0.5) is 0 Å². The van der Waals surface area contributed by atoms with Gasteiger partial charge in [-0.1, -0.05) is 13.8 Å². The van der Waals surface area contributed by atoms with Crippen molar-refractivity contribution in [1.29, 1.82) is 0 Å². The summed E-state index contributed by atoms with van der Waals surface area (Å²) in [6.45, 7) is 7.12. The Morgan fingerprint density at radius 1 is 1.52 bits per heavy atom. The highest BCUT2D eigenvalue weighted by Crippen LogP contribution is 2.42. The van der Waals surface area contributed by atoms with Gasteiger partial charge in [-0.2, -0.15) is 0 Å². The maximum Gasteiger partial charge on any atom is 0.223 e. The average molecular weight is 318 g/mol. The van der Waals surface area contributed by atoms with Crippen molar-refractivity contribution in [1.82, 2.24) is 9.88 Å². The molecule has 1 amide bonds. The molecule has 2 fully saturated rings. The van der Waals surface area contributed by atoms with Crippen molar-refractivity contribution in [2.45, 2.75) is 38.7 Å². The SMILES string of the molecule is CC(C)CC(=O)N1CC2(C1)OCC[C@@H]2CCOc1cccnc1. The summed E-state index contributed by atoms with van der Waals surface area (Å²) >= 11 is 0. The summed E-state index contributed by atoms with van der Waals surface area (Å²) in [5.74, 6) is 1.95. The monoisotopic (exact) mass is 318 g/mol. The molecule has 0 radical (unpaired) electrons. The lowest BCUT2D eigenvalue weighted by Gasteiger charge is -2.50. The molecule has 0 aromatic carbocycles. The van der Waals surface area contributed by atoms with E-state index in [1.54, 1.807) is 12.4 Å². The third kappa shape index (κ3) is 3.66. The first kappa shape index (κ1) is 16.2. The summed E-state index contributed by atoms with van der Waals surface area (Å²) < 4.78 is 11.8. The van der Waals surface area contributed by atoms with Crippen molar-refractivity contribution in [3.05, 3.63) is 24.5 Å². The van der Waals surface area contributed by atoms with E-state index < -0.39 is 0 Å². The van der Waals surface area contributed by atoms with Crippen LogP contribution in [0.25, 0.3) is 0 Å². The molecule has 0 aliphatic carbocycles. The first-order valence-corrected chi connectivity index (χ1v) is 8.53. The number of nitrogens with zero attached hydrogens (tertiary/aromatic N) is 2. The molecule has 0 N–H and O–H groups in total. The van der Waals surface area contributed by atoms with E-state index in [0.717, 1.165) is 38.3 Å². The van der Waals surface area contributed by atoms with Crippen LogP contribution in [0.15, 0.2) is 24.5 Å². The number of hydrogen-bond acceptors (Lipinski definition) is 4. The summed E-state index contributed by atoms with van der Waals surface area (Å²) in [7, 11) is 0. The summed E-state index contributed by atoms with van der Waals surface area (Å²) in [4.78, 5) is 18.1. The Bertz CT molecular complexity index is 526. The molecule has 0 saturated carbocycles. The van der Waals surface area contributed by atoms with E-state index >= 15 is 0 Å². The van der Waals surface area contributed by atoms with E-state index in [1.807, 2.05) is 17.0 Å². The van der Waals surface area contributed by atoms with Crippen molar-refractivity contribution in [2.24, 2.45) is 11.8 Å². The van der Waals surface area contributed by atoms with Gasteiger partial charge in [-0.3, -0.25) is 9.78 Å². The second-order valence-electron chi connectivity index (χ2n) is 7.07. The molecular formula is C18H26N2O3. The third-order valence-corrected chi connectivity index (χ3v) is 4.82. The summed E-state index contributed by atoms with van der Waals surface area (Å²) in [6.07, 6.45) is 6.12. The molecule has 5 nitrogen and oxygen atoms in total. The van der Waals surface area contributed by atoms with Crippen molar-refractivity contribution in [2.75, 3.05) is 26.3 Å². The van der Waals surface area contributed by atoms with Gasteiger partial charge in [0.1, 0.15) is 11.4 Å². The van der Waals surface area contributed by atoms with Crippen LogP contribution in [0, 0.1) is 11.8 Å². The number of likely N-dealkylation sites (tertiary alicyclic amines) is 1. The normalized spacial score (nSPS) is 22.4. The molecule has 3 rings (SSSR count). The first-order valence-electron chi connectivity index (χ1n) is 8.53. The van der Waals surface area contributed by atoms with Crippen LogP contribution >= 0.6 is 0 Å². The zero-order chi connectivity index (χ0) is 16.3. The number of aromatic nitrogens is 1. The van der Waals surface area contributed by atoms with E-state index in [1.165, 1.54) is 0 Å². The van der Waals surface area contributed by atoms with Gasteiger partial charge < -0.3 is 14.4 Å². The summed E-state index contributed by atoms with van der Waals surface area (Å²) in [6, 6.07) is 3.79. The Morgan fingerprint density at radius 2 is 2.35 bits per heavy atom. The van der Waals surface area contributed by atoms with Gasteiger partial charge in [0, 0.05) is 19.2 Å². The van der Waals surface area contributed by atoms with Crippen molar-refractivity contribution in [3.8, 4) is 5.75 Å². The molecule has 0 unspecified atom stereocenters. The lowest BCUT2D eigenvalue weighted by atomic mass is 9.79. The van der Waals surface area contributed by atoms with Gasteiger partial charge in [-0.15, -0.1) is 0 Å². The minimum atomic E-state index is -0.120. The van der Waals surface area contributed by atoms with E-state index in [-0.39, 0.29) is 11.5 Å². The summed E-state index contributed by atoms with van der Waals surface area (Å²) in [5, 5.41) is 0. The lowest BCUT2D eigenvalue weighted by Crippen LogP contribution is -2.66. The van der Waals surface area contributed by atoms with E-state index in [9.17, 15) is 4.79 Å². The van der Waals surface area contributed by atoms with Crippen LogP contribution in [0.2, 0.25) is 0 Å². The molecule has 2 saturated heterocycles. The second-order valence-corrected chi connectivity index (χ2v) is 7.07. The van der Waals surface area contributed by atoms with Crippen molar-refractivity contribution >= 4 is 5.91 Å². The minimum absolute atomic E-state index is 0.120. The number of pyridine rings is 1. The number of hydrogen-bond donors (Lipinski definition) is 0. The molecule has 1 spiro atoms. The quantitative estimate of drug-likeness (QED) is 0.809. The molecule has 3 heterocycles. The van der Waals surface area contributed by atoms with Gasteiger partial charge in [0.05, 0.1) is 25.9 Å². The Morgan fingerprint density at radius 3 is 3.04 bits per heavy atom. The van der Waals surface area contributed by atoms with Crippen LogP contribution in [0.1, 0.15) is 33.1 Å². The standard InChI is InChI=1S/C18H26N2O3/c1-14(2)10-17(21)20-12-18(13-20)15(6-9-23-18)5-8-22-16-4-3-7-19-11-16/h3-4,7,11,14-15H,5-6,8-10,12-13H2,1-2H3/t15-/m0/s1. The van der Waals surface area contributed by atoms with Gasteiger partial charge in [0.15, 0.2) is 0 Å². The van der Waals surface area contributed by atoms with Crippen molar-refractivity contribution in [3.63, 3.8) is 0 Å². The number of carbonyl (C=O) groups excluding carboxylic acids is 1. The third-order valence-electron chi connectivity index (χ3n) is 4.82. The number of carbonyl (C=O) groups is 1. The molecule has 23 heavy (non-hydrogen) atoms. The predicted molar refractivity (Wildman–Crippen MR) is 87.2 cm³/mol. The van der Waals surface area contributed by atoms with E-state index in [4.69, 9.17) is 9.47 Å². The molecule has 126 valence electrons. The average Bonchev–Trinajstić information content (AvgIpc) is 2.90. The fraction of sp³-hybridized carbons (Fsp3) is 0.667. The van der Waals surface area contributed by atoms with Crippen LogP contribution in [-0.2, 0) is 9.53 Å². The number of ether oxygens (including phenoxy) is 2. The molecule has 1 atom stereocenters. The van der Waals surface area contributed by atoms with Gasteiger partial charge in [-0.05, 0) is 36.8 Å². The molecule has 5 heteroatoms. The predicted octanol–water partition coefficient (Wildman–Crippen LogP) is 2.51. The number of rotatable bonds is 6. The van der Waals surface area contributed by atoms with E-state index in [0.29, 0.717) is 24.9 Å². The van der Waals surface area contributed by atoms with Crippen LogP contribution in [0.3, 0.4) is 0 Å². The Kier molecular flexibility index (Phi) is 4.85. The van der Waals surface area contributed by atoms with Crippen LogP contribution in [-0.4, -0.2) is 47.7 Å². The molecule has 2 aliphatic rings. The Hall–Kier alpha value is -1.62. The van der Waals surface area contributed by atoms with Crippen molar-refractivity contribution < 1.29 is 14.3 Å². The lowest BCUT2D eigenvalue weighted by molar-refractivity contribution is -0.166. The number of amides is 1. The maximum absolute atomic E-state index is 12.1. The largest absolute Gasteiger partial charge is 0.492 e. The molecule has 1 aromatic rings. The zero-order valence-electron chi connectivity index (χ0n) is 14.0. The van der Waals surface area contributed by atoms with Crippen LogP contribution in [0.5, 0.6) is 5.75 Å². The second kappa shape index (κ2) is 6.87. The van der Waals surface area contributed by atoms with Gasteiger partial charge >= 0.3 is 0 Å². The van der Waals surface area contributed by atoms with Gasteiger partial charge in [-0.25, -0.2) is 0 Å². The van der Waals surface area contributed by atoms with Crippen LogP contribution < -0.4 is 4.74 Å². The minimum Gasteiger partial charge on any atom is -0.492 e. The zero-order valence-corrected chi connectivity index (χ0v) is 14.0. The Balaban J connectivity index is 1.46. The Labute approximate surface area is 138 Å². The topological polar surface area (TPSA) is 51.7 Å². The fourth-order valence-corrected chi connectivity index (χ4v) is 3.55. The highest BCUT2D eigenvalue weighted by molar-refractivity contribution is 5.77.